The first-order valence-electron chi connectivity index (χ1n) is 8.09. The van der Waals surface area contributed by atoms with Crippen LogP contribution in [0, 0.1) is 18.3 Å². The fourth-order valence-electron chi connectivity index (χ4n) is 2.85. The summed E-state index contributed by atoms with van der Waals surface area (Å²) in [6, 6.07) is 12.7. The fourth-order valence-corrected chi connectivity index (χ4v) is 2.85. The number of benzene rings is 2. The SMILES string of the molecule is CCc1cccc(C)c1Oc1ccc2c(C#N)nc(C(N)=O)c(O)c2c1. The van der Waals surface area contributed by atoms with Gasteiger partial charge in [-0.05, 0) is 42.7 Å². The molecule has 3 rings (SSSR count). The second kappa shape index (κ2) is 6.73. The molecule has 0 radical (unpaired) electrons. The number of nitrogens with two attached hydrogens (primary N) is 1. The minimum absolute atomic E-state index is 0.0169. The third kappa shape index (κ3) is 2.91. The van der Waals surface area contributed by atoms with Gasteiger partial charge in [-0.3, -0.25) is 4.79 Å². The molecule has 1 heterocycles. The smallest absolute Gasteiger partial charge is 0.271 e. The molecular weight excluding hydrogens is 330 g/mol. The predicted octanol–water partition coefficient (Wildman–Crippen LogP) is 3.57. The molecule has 1 amide bonds. The average Bonchev–Trinajstić information content (AvgIpc) is 2.63. The number of primary amides is 1. The van der Waals surface area contributed by atoms with Gasteiger partial charge in [0.1, 0.15) is 23.3 Å². The summed E-state index contributed by atoms with van der Waals surface area (Å²) >= 11 is 0. The van der Waals surface area contributed by atoms with E-state index in [1.165, 1.54) is 0 Å². The minimum Gasteiger partial charge on any atom is -0.505 e. The van der Waals surface area contributed by atoms with E-state index in [1.54, 1.807) is 18.2 Å². The van der Waals surface area contributed by atoms with E-state index in [1.807, 2.05) is 38.1 Å². The third-order valence-electron chi connectivity index (χ3n) is 4.18. The second-order valence-corrected chi connectivity index (χ2v) is 5.86. The average molecular weight is 347 g/mol. The van der Waals surface area contributed by atoms with Gasteiger partial charge in [-0.1, -0.05) is 25.1 Å². The molecule has 3 aromatic rings. The molecule has 0 fully saturated rings. The third-order valence-corrected chi connectivity index (χ3v) is 4.18. The Morgan fingerprint density at radius 1 is 1.31 bits per heavy atom. The minimum atomic E-state index is -0.903. The zero-order valence-electron chi connectivity index (χ0n) is 14.4. The normalized spacial score (nSPS) is 10.5. The van der Waals surface area contributed by atoms with Gasteiger partial charge in [0.2, 0.25) is 0 Å². The van der Waals surface area contributed by atoms with Gasteiger partial charge < -0.3 is 15.6 Å². The van der Waals surface area contributed by atoms with Crippen molar-refractivity contribution in [1.82, 2.24) is 4.98 Å². The molecule has 130 valence electrons. The number of ether oxygens (including phenoxy) is 1. The molecule has 0 saturated carbocycles. The first-order valence-corrected chi connectivity index (χ1v) is 8.09. The second-order valence-electron chi connectivity index (χ2n) is 5.86. The molecule has 2 aromatic carbocycles. The number of amides is 1. The summed E-state index contributed by atoms with van der Waals surface area (Å²) in [5.41, 5.74) is 6.97. The van der Waals surface area contributed by atoms with Gasteiger partial charge in [-0.15, -0.1) is 0 Å². The highest BCUT2D eigenvalue weighted by atomic mass is 16.5. The number of nitrogens with zero attached hydrogens (tertiary/aromatic N) is 2. The number of hydrogen-bond donors (Lipinski definition) is 2. The summed E-state index contributed by atoms with van der Waals surface area (Å²) in [4.78, 5) is 15.3. The van der Waals surface area contributed by atoms with Crippen LogP contribution in [0.25, 0.3) is 10.8 Å². The number of nitriles is 1. The Hall–Kier alpha value is -3.59. The molecule has 6 nitrogen and oxygen atoms in total. The van der Waals surface area contributed by atoms with E-state index in [9.17, 15) is 15.2 Å². The van der Waals surface area contributed by atoms with E-state index < -0.39 is 5.91 Å². The van der Waals surface area contributed by atoms with Crippen molar-refractivity contribution in [2.75, 3.05) is 0 Å². The maximum atomic E-state index is 11.5. The lowest BCUT2D eigenvalue weighted by Gasteiger charge is -2.14. The summed E-state index contributed by atoms with van der Waals surface area (Å²) < 4.78 is 6.04. The molecular formula is C20H17N3O3. The highest BCUT2D eigenvalue weighted by molar-refractivity contribution is 6.02. The first-order chi connectivity index (χ1) is 12.5. The summed E-state index contributed by atoms with van der Waals surface area (Å²) in [5, 5.41) is 20.3. The summed E-state index contributed by atoms with van der Waals surface area (Å²) in [6.07, 6.45) is 0.810. The molecule has 0 aliphatic carbocycles. The van der Waals surface area contributed by atoms with Gasteiger partial charge in [-0.25, -0.2) is 4.98 Å². The lowest BCUT2D eigenvalue weighted by atomic mass is 10.1. The number of fused-ring (bicyclic) bond motifs is 1. The van der Waals surface area contributed by atoms with E-state index in [2.05, 4.69) is 4.98 Å². The van der Waals surface area contributed by atoms with Crippen LogP contribution in [0.3, 0.4) is 0 Å². The number of aromatic nitrogens is 1. The summed E-state index contributed by atoms with van der Waals surface area (Å²) in [5.74, 6) is -0.0438. The van der Waals surface area contributed by atoms with Crippen LogP contribution in [0.5, 0.6) is 17.2 Å². The maximum absolute atomic E-state index is 11.5. The van der Waals surface area contributed by atoms with Crippen molar-refractivity contribution < 1.29 is 14.6 Å². The summed E-state index contributed by atoms with van der Waals surface area (Å²) in [7, 11) is 0. The molecule has 0 saturated heterocycles. The van der Waals surface area contributed by atoms with Crippen molar-refractivity contribution in [2.24, 2.45) is 5.73 Å². The largest absolute Gasteiger partial charge is 0.505 e. The Labute approximate surface area is 150 Å². The molecule has 0 spiro atoms. The molecule has 0 aliphatic rings. The van der Waals surface area contributed by atoms with Gasteiger partial charge >= 0.3 is 0 Å². The van der Waals surface area contributed by atoms with Crippen molar-refractivity contribution in [3.8, 4) is 23.3 Å². The zero-order valence-corrected chi connectivity index (χ0v) is 14.4. The Morgan fingerprint density at radius 3 is 2.73 bits per heavy atom. The topological polar surface area (TPSA) is 109 Å². The number of aryl methyl sites for hydroxylation is 2. The van der Waals surface area contributed by atoms with Crippen molar-refractivity contribution in [3.05, 3.63) is 58.9 Å². The fraction of sp³-hybridized carbons (Fsp3) is 0.150. The van der Waals surface area contributed by atoms with Crippen LogP contribution in [-0.4, -0.2) is 16.0 Å². The standard InChI is InChI=1S/C20H17N3O3/c1-3-12-6-4-5-11(2)19(12)26-13-7-8-14-15(9-13)18(24)17(20(22)25)23-16(14)10-21/h4-9,24H,3H2,1-2H3,(H2,22,25). The molecule has 0 aliphatic heterocycles. The van der Waals surface area contributed by atoms with Gasteiger partial charge in [-0.2, -0.15) is 5.26 Å². The van der Waals surface area contributed by atoms with Gasteiger partial charge in [0.05, 0.1) is 0 Å². The first kappa shape index (κ1) is 17.2. The van der Waals surface area contributed by atoms with Crippen LogP contribution < -0.4 is 10.5 Å². The van der Waals surface area contributed by atoms with Crippen LogP contribution in [0.1, 0.15) is 34.2 Å². The highest BCUT2D eigenvalue weighted by Gasteiger charge is 2.18. The Morgan fingerprint density at radius 2 is 2.08 bits per heavy atom. The number of hydrogen-bond acceptors (Lipinski definition) is 5. The lowest BCUT2D eigenvalue weighted by Crippen LogP contribution is -2.14. The van der Waals surface area contributed by atoms with E-state index in [4.69, 9.17) is 10.5 Å². The number of pyridine rings is 1. The van der Waals surface area contributed by atoms with Gasteiger partial charge in [0.15, 0.2) is 11.4 Å². The van der Waals surface area contributed by atoms with Crippen LogP contribution in [0.15, 0.2) is 36.4 Å². The highest BCUT2D eigenvalue weighted by Crippen LogP contribution is 2.35. The Bertz CT molecular complexity index is 1070. The Balaban J connectivity index is 2.17. The molecule has 1 aromatic heterocycles. The van der Waals surface area contributed by atoms with Gasteiger partial charge in [0.25, 0.3) is 5.91 Å². The monoisotopic (exact) mass is 347 g/mol. The zero-order chi connectivity index (χ0) is 18.8. The van der Waals surface area contributed by atoms with Gasteiger partial charge in [0, 0.05) is 10.8 Å². The maximum Gasteiger partial charge on any atom is 0.271 e. The molecule has 0 atom stereocenters. The quantitative estimate of drug-likeness (QED) is 0.750. The molecule has 0 bridgehead atoms. The molecule has 6 heteroatoms. The molecule has 26 heavy (non-hydrogen) atoms. The van der Waals surface area contributed by atoms with Crippen molar-refractivity contribution in [2.45, 2.75) is 20.3 Å². The number of rotatable bonds is 4. The van der Waals surface area contributed by atoms with E-state index in [0.717, 1.165) is 23.3 Å². The number of para-hydroxylation sites is 1. The van der Waals surface area contributed by atoms with Crippen molar-refractivity contribution >= 4 is 16.7 Å². The van der Waals surface area contributed by atoms with E-state index in [0.29, 0.717) is 11.1 Å². The van der Waals surface area contributed by atoms with Crippen molar-refractivity contribution in [1.29, 1.82) is 5.26 Å². The number of carbonyl (C=O) groups excluding carboxylic acids is 1. The number of aromatic hydroxyl groups is 1. The molecule has 3 N–H and O–H groups in total. The van der Waals surface area contributed by atoms with Crippen molar-refractivity contribution in [3.63, 3.8) is 0 Å². The van der Waals surface area contributed by atoms with Crippen LogP contribution in [0.4, 0.5) is 0 Å². The predicted molar refractivity (Wildman–Crippen MR) is 97.3 cm³/mol. The summed E-state index contributed by atoms with van der Waals surface area (Å²) in [6.45, 7) is 3.99. The van der Waals surface area contributed by atoms with Crippen LogP contribution in [-0.2, 0) is 6.42 Å². The lowest BCUT2D eigenvalue weighted by molar-refractivity contribution is 0.0993. The van der Waals surface area contributed by atoms with E-state index in [-0.39, 0.29) is 22.5 Å². The Kier molecular flexibility index (Phi) is 4.46. The van der Waals surface area contributed by atoms with Crippen LogP contribution >= 0.6 is 0 Å². The van der Waals surface area contributed by atoms with Crippen LogP contribution in [0.2, 0.25) is 0 Å². The molecule has 0 unspecified atom stereocenters. The van der Waals surface area contributed by atoms with E-state index >= 15 is 0 Å². The number of carbonyl (C=O) groups is 1.